The predicted molar refractivity (Wildman–Crippen MR) is 107 cm³/mol. The van der Waals surface area contributed by atoms with E-state index in [2.05, 4.69) is 15.5 Å². The molecule has 0 saturated carbocycles. The predicted octanol–water partition coefficient (Wildman–Crippen LogP) is 2.22. The average Bonchev–Trinajstić information content (AvgIpc) is 3.22. The van der Waals surface area contributed by atoms with Gasteiger partial charge in [-0.1, -0.05) is 12.1 Å². The van der Waals surface area contributed by atoms with Crippen LogP contribution < -0.4 is 16.4 Å². The molecule has 0 atom stereocenters. The Balaban J connectivity index is 1.49. The minimum atomic E-state index is -0.193. The molecule has 0 spiro atoms. The zero-order chi connectivity index (χ0) is 19.1. The maximum atomic E-state index is 12.3. The molecule has 0 bridgehead atoms. The number of anilines is 1. The standard InChI is InChI=1S/C21H26N4O2/c22-15-16-3-5-18(6-4-16)21(27)24-19-9-7-17(8-10-19)20(26)23-11-14-25-12-1-2-13-25/h3-10H,1-2,11-15,22H2,(H,23,26)(H,24,27). The second-order valence-corrected chi connectivity index (χ2v) is 6.74. The topological polar surface area (TPSA) is 87.5 Å². The first kappa shape index (κ1) is 19.1. The third kappa shape index (κ3) is 5.39. The van der Waals surface area contributed by atoms with Gasteiger partial charge in [0, 0.05) is 36.4 Å². The molecule has 1 fully saturated rings. The summed E-state index contributed by atoms with van der Waals surface area (Å²) in [7, 11) is 0. The molecule has 2 aromatic rings. The smallest absolute Gasteiger partial charge is 0.255 e. The van der Waals surface area contributed by atoms with Gasteiger partial charge in [0.15, 0.2) is 0 Å². The van der Waals surface area contributed by atoms with Gasteiger partial charge in [-0.2, -0.15) is 0 Å². The zero-order valence-electron chi connectivity index (χ0n) is 15.4. The van der Waals surface area contributed by atoms with E-state index in [9.17, 15) is 9.59 Å². The molecular weight excluding hydrogens is 340 g/mol. The molecule has 6 heteroatoms. The Hall–Kier alpha value is -2.70. The van der Waals surface area contributed by atoms with Gasteiger partial charge in [-0.15, -0.1) is 0 Å². The molecular formula is C21H26N4O2. The number of nitrogens with one attached hydrogen (secondary N) is 2. The molecule has 2 aromatic carbocycles. The second kappa shape index (κ2) is 9.30. The quantitative estimate of drug-likeness (QED) is 0.701. The third-order valence-corrected chi connectivity index (χ3v) is 4.77. The van der Waals surface area contributed by atoms with Gasteiger partial charge in [-0.25, -0.2) is 0 Å². The van der Waals surface area contributed by atoms with Crippen molar-refractivity contribution in [1.82, 2.24) is 10.2 Å². The van der Waals surface area contributed by atoms with Crippen LogP contribution in [0.4, 0.5) is 5.69 Å². The minimum absolute atomic E-state index is 0.0931. The molecule has 1 saturated heterocycles. The van der Waals surface area contributed by atoms with Crippen molar-refractivity contribution in [3.63, 3.8) is 0 Å². The van der Waals surface area contributed by atoms with Crippen LogP contribution in [-0.4, -0.2) is 42.9 Å². The Morgan fingerprint density at radius 2 is 1.48 bits per heavy atom. The molecule has 0 aromatic heterocycles. The monoisotopic (exact) mass is 366 g/mol. The van der Waals surface area contributed by atoms with E-state index in [0.717, 1.165) is 25.2 Å². The fourth-order valence-corrected chi connectivity index (χ4v) is 3.14. The molecule has 6 nitrogen and oxygen atoms in total. The molecule has 1 aliphatic heterocycles. The second-order valence-electron chi connectivity index (χ2n) is 6.74. The lowest BCUT2D eigenvalue weighted by Crippen LogP contribution is -2.33. The Labute approximate surface area is 159 Å². The highest BCUT2D eigenvalue weighted by molar-refractivity contribution is 6.04. The highest BCUT2D eigenvalue weighted by Crippen LogP contribution is 2.12. The van der Waals surface area contributed by atoms with E-state index < -0.39 is 0 Å². The molecule has 0 aliphatic carbocycles. The van der Waals surface area contributed by atoms with Crippen LogP contribution in [0.1, 0.15) is 39.1 Å². The average molecular weight is 366 g/mol. The Bertz CT molecular complexity index is 766. The Morgan fingerprint density at radius 1 is 0.889 bits per heavy atom. The van der Waals surface area contributed by atoms with Gasteiger partial charge < -0.3 is 21.3 Å². The number of carbonyl (C=O) groups excluding carboxylic acids is 2. The lowest BCUT2D eigenvalue weighted by molar-refractivity contribution is 0.0949. The molecule has 142 valence electrons. The van der Waals surface area contributed by atoms with Gasteiger partial charge in [-0.05, 0) is 67.9 Å². The van der Waals surface area contributed by atoms with E-state index in [-0.39, 0.29) is 11.8 Å². The van der Waals surface area contributed by atoms with E-state index in [1.54, 1.807) is 36.4 Å². The number of hydrogen-bond donors (Lipinski definition) is 3. The van der Waals surface area contributed by atoms with Crippen molar-refractivity contribution in [3.8, 4) is 0 Å². The molecule has 2 amide bonds. The molecule has 3 rings (SSSR count). The van der Waals surface area contributed by atoms with Crippen molar-refractivity contribution in [2.75, 3.05) is 31.5 Å². The van der Waals surface area contributed by atoms with Crippen LogP contribution in [0.2, 0.25) is 0 Å². The van der Waals surface area contributed by atoms with E-state index in [1.807, 2.05) is 12.1 Å². The van der Waals surface area contributed by atoms with Gasteiger partial charge in [0.25, 0.3) is 11.8 Å². The first-order valence-electron chi connectivity index (χ1n) is 9.37. The van der Waals surface area contributed by atoms with Crippen molar-refractivity contribution in [3.05, 3.63) is 65.2 Å². The van der Waals surface area contributed by atoms with Crippen LogP contribution in [0, 0.1) is 0 Å². The van der Waals surface area contributed by atoms with E-state index in [4.69, 9.17) is 5.73 Å². The van der Waals surface area contributed by atoms with Crippen molar-refractivity contribution >= 4 is 17.5 Å². The number of amides is 2. The van der Waals surface area contributed by atoms with Crippen molar-refractivity contribution in [1.29, 1.82) is 0 Å². The third-order valence-electron chi connectivity index (χ3n) is 4.77. The van der Waals surface area contributed by atoms with Crippen LogP contribution in [0.5, 0.6) is 0 Å². The first-order valence-corrected chi connectivity index (χ1v) is 9.37. The summed E-state index contributed by atoms with van der Waals surface area (Å²) in [5.41, 5.74) is 8.34. The normalized spacial score (nSPS) is 14.1. The van der Waals surface area contributed by atoms with Crippen LogP contribution in [0.25, 0.3) is 0 Å². The van der Waals surface area contributed by atoms with Gasteiger partial charge in [0.05, 0.1) is 0 Å². The highest BCUT2D eigenvalue weighted by Gasteiger charge is 2.12. The van der Waals surface area contributed by atoms with Crippen LogP contribution in [0.15, 0.2) is 48.5 Å². The fourth-order valence-electron chi connectivity index (χ4n) is 3.14. The molecule has 1 heterocycles. The summed E-state index contributed by atoms with van der Waals surface area (Å²) in [5.74, 6) is -0.286. The number of carbonyl (C=O) groups is 2. The Morgan fingerprint density at radius 3 is 2.11 bits per heavy atom. The van der Waals surface area contributed by atoms with E-state index in [1.165, 1.54) is 12.8 Å². The van der Waals surface area contributed by atoms with Crippen LogP contribution in [0.3, 0.4) is 0 Å². The van der Waals surface area contributed by atoms with Gasteiger partial charge in [-0.3, -0.25) is 9.59 Å². The summed E-state index contributed by atoms with van der Waals surface area (Å²) in [6, 6.07) is 14.1. The molecule has 1 aliphatic rings. The number of rotatable bonds is 7. The Kier molecular flexibility index (Phi) is 6.57. The van der Waals surface area contributed by atoms with Gasteiger partial charge >= 0.3 is 0 Å². The number of nitrogens with two attached hydrogens (primary N) is 1. The van der Waals surface area contributed by atoms with Crippen molar-refractivity contribution < 1.29 is 9.59 Å². The largest absolute Gasteiger partial charge is 0.351 e. The number of nitrogens with zero attached hydrogens (tertiary/aromatic N) is 1. The molecule has 0 unspecified atom stereocenters. The number of hydrogen-bond acceptors (Lipinski definition) is 4. The number of benzene rings is 2. The van der Waals surface area contributed by atoms with Crippen molar-refractivity contribution in [2.45, 2.75) is 19.4 Å². The van der Waals surface area contributed by atoms with Crippen molar-refractivity contribution in [2.24, 2.45) is 5.73 Å². The van der Waals surface area contributed by atoms with E-state index >= 15 is 0 Å². The molecule has 0 radical (unpaired) electrons. The molecule has 27 heavy (non-hydrogen) atoms. The summed E-state index contributed by atoms with van der Waals surface area (Å²) in [4.78, 5) is 26.8. The minimum Gasteiger partial charge on any atom is -0.351 e. The van der Waals surface area contributed by atoms with E-state index in [0.29, 0.717) is 29.9 Å². The fraction of sp³-hybridized carbons (Fsp3) is 0.333. The highest BCUT2D eigenvalue weighted by atomic mass is 16.2. The first-order chi connectivity index (χ1) is 13.2. The van der Waals surface area contributed by atoms with Crippen LogP contribution >= 0.6 is 0 Å². The summed E-state index contributed by atoms with van der Waals surface area (Å²) in [6.45, 7) is 4.24. The number of likely N-dealkylation sites (tertiary alicyclic amines) is 1. The lowest BCUT2D eigenvalue weighted by Gasteiger charge is -2.14. The SMILES string of the molecule is NCc1ccc(C(=O)Nc2ccc(C(=O)NCCN3CCCC3)cc2)cc1. The summed E-state index contributed by atoms with van der Waals surface area (Å²) >= 11 is 0. The lowest BCUT2D eigenvalue weighted by atomic mass is 10.1. The summed E-state index contributed by atoms with van der Waals surface area (Å²) < 4.78 is 0. The molecule has 4 N–H and O–H groups in total. The summed E-state index contributed by atoms with van der Waals surface area (Å²) in [6.07, 6.45) is 2.50. The van der Waals surface area contributed by atoms with Gasteiger partial charge in [0.2, 0.25) is 0 Å². The van der Waals surface area contributed by atoms with Crippen LogP contribution in [-0.2, 0) is 6.54 Å². The summed E-state index contributed by atoms with van der Waals surface area (Å²) in [5, 5.41) is 5.78. The maximum Gasteiger partial charge on any atom is 0.255 e. The maximum absolute atomic E-state index is 12.3. The van der Waals surface area contributed by atoms with Gasteiger partial charge in [0.1, 0.15) is 0 Å². The zero-order valence-corrected chi connectivity index (χ0v) is 15.4.